The van der Waals surface area contributed by atoms with Crippen LogP contribution in [0.5, 0.6) is 0 Å². The number of hydrogen-bond acceptors (Lipinski definition) is 4. The maximum absolute atomic E-state index is 12.8. The third kappa shape index (κ3) is 5.77. The topological polar surface area (TPSA) is 60.1 Å². The van der Waals surface area contributed by atoms with E-state index in [4.69, 9.17) is 11.6 Å². The number of piperidine rings is 1. The van der Waals surface area contributed by atoms with Gasteiger partial charge in [0.1, 0.15) is 6.20 Å². The summed E-state index contributed by atoms with van der Waals surface area (Å²) in [5, 5.41) is 4.85. The Balaban J connectivity index is 1.33. The van der Waals surface area contributed by atoms with Crippen LogP contribution >= 0.6 is 27.5 Å². The average molecular weight is 518 g/mol. The summed E-state index contributed by atoms with van der Waals surface area (Å²) >= 11 is 9.78. The highest BCUT2D eigenvalue weighted by atomic mass is 79.9. The van der Waals surface area contributed by atoms with E-state index in [1.54, 1.807) is 0 Å². The first-order valence-corrected chi connectivity index (χ1v) is 12.0. The summed E-state index contributed by atoms with van der Waals surface area (Å²) in [4.78, 5) is 27.4. The third-order valence-corrected chi connectivity index (χ3v) is 7.07. The van der Waals surface area contributed by atoms with E-state index in [0.717, 1.165) is 54.0 Å². The number of halogens is 2. The van der Waals surface area contributed by atoms with E-state index in [9.17, 15) is 9.59 Å². The second kappa shape index (κ2) is 10.6. The molecule has 1 fully saturated rings. The van der Waals surface area contributed by atoms with Gasteiger partial charge < -0.3 is 4.90 Å². The lowest BCUT2D eigenvalue weighted by Gasteiger charge is -2.32. The lowest BCUT2D eigenvalue weighted by molar-refractivity contribution is 0.175. The monoisotopic (exact) mass is 516 g/mol. The second-order valence-corrected chi connectivity index (χ2v) is 9.58. The van der Waals surface area contributed by atoms with Crippen LogP contribution in [-0.4, -0.2) is 38.9 Å². The molecule has 0 aliphatic carbocycles. The van der Waals surface area contributed by atoms with Gasteiger partial charge in [-0.25, -0.2) is 9.48 Å². The predicted molar refractivity (Wildman–Crippen MR) is 130 cm³/mol. The lowest BCUT2D eigenvalue weighted by atomic mass is 9.90. The number of hydrogen-bond donors (Lipinski definition) is 0. The predicted octanol–water partition coefficient (Wildman–Crippen LogP) is 3.82. The quantitative estimate of drug-likeness (QED) is 0.478. The highest BCUT2D eigenvalue weighted by Gasteiger charge is 2.20. The number of aromatic nitrogens is 3. The van der Waals surface area contributed by atoms with Crippen LogP contribution in [0.1, 0.15) is 24.0 Å². The standard InChI is InChI=1S/C24H26BrClN4O2/c25-22-7-6-21(26)15-20(22)14-18-8-10-28(11-9-18)12-13-30-24(32)29(23(31)16-27-30)17-19-4-2-1-3-5-19/h1-7,15-16,18H,8-14,17H2. The zero-order valence-corrected chi connectivity index (χ0v) is 20.1. The number of rotatable bonds is 7. The molecule has 1 aliphatic rings. The smallest absolute Gasteiger partial charge is 0.301 e. The van der Waals surface area contributed by atoms with Crippen molar-refractivity contribution in [3.05, 3.63) is 96.2 Å². The molecule has 2 aromatic carbocycles. The van der Waals surface area contributed by atoms with E-state index in [-0.39, 0.29) is 17.8 Å². The SMILES string of the molecule is O=c1cnn(CCN2CCC(Cc3cc(Cl)ccc3Br)CC2)c(=O)n1Cc1ccccc1. The van der Waals surface area contributed by atoms with Crippen molar-refractivity contribution in [2.24, 2.45) is 5.92 Å². The van der Waals surface area contributed by atoms with Crippen molar-refractivity contribution in [1.82, 2.24) is 19.2 Å². The Labute approximate surface area is 200 Å². The van der Waals surface area contributed by atoms with Crippen molar-refractivity contribution in [2.75, 3.05) is 19.6 Å². The number of benzene rings is 2. The molecule has 0 saturated carbocycles. The molecule has 3 aromatic rings. The normalized spacial score (nSPS) is 15.2. The van der Waals surface area contributed by atoms with Gasteiger partial charge in [0.2, 0.25) is 0 Å². The van der Waals surface area contributed by atoms with Crippen LogP contribution < -0.4 is 11.2 Å². The minimum Gasteiger partial charge on any atom is -0.301 e. The third-order valence-electron chi connectivity index (χ3n) is 6.06. The van der Waals surface area contributed by atoms with Crippen molar-refractivity contribution < 1.29 is 0 Å². The van der Waals surface area contributed by atoms with Gasteiger partial charge in [0, 0.05) is 16.0 Å². The van der Waals surface area contributed by atoms with Gasteiger partial charge in [-0.3, -0.25) is 9.36 Å². The van der Waals surface area contributed by atoms with Crippen molar-refractivity contribution >= 4 is 27.5 Å². The summed E-state index contributed by atoms with van der Waals surface area (Å²) in [5.41, 5.74) is 1.44. The maximum Gasteiger partial charge on any atom is 0.347 e. The minimum absolute atomic E-state index is 0.255. The Bertz CT molecular complexity index is 1170. The molecule has 1 aromatic heterocycles. The fraction of sp³-hybridized carbons (Fsp3) is 0.375. The zero-order valence-electron chi connectivity index (χ0n) is 17.8. The highest BCUT2D eigenvalue weighted by molar-refractivity contribution is 9.10. The molecule has 1 saturated heterocycles. The molecule has 0 bridgehead atoms. The lowest BCUT2D eigenvalue weighted by Crippen LogP contribution is -2.43. The summed E-state index contributed by atoms with van der Waals surface area (Å²) in [5.74, 6) is 0.620. The molecule has 2 heterocycles. The van der Waals surface area contributed by atoms with Crippen molar-refractivity contribution in [3.63, 3.8) is 0 Å². The molecule has 6 nitrogen and oxygen atoms in total. The first-order valence-electron chi connectivity index (χ1n) is 10.9. The Hall–Kier alpha value is -2.22. The van der Waals surface area contributed by atoms with Crippen LogP contribution in [0.3, 0.4) is 0 Å². The molecule has 0 unspecified atom stereocenters. The van der Waals surface area contributed by atoms with Gasteiger partial charge in [-0.05, 0) is 67.6 Å². The van der Waals surface area contributed by atoms with Crippen LogP contribution in [0, 0.1) is 5.92 Å². The second-order valence-electron chi connectivity index (χ2n) is 8.29. The van der Waals surface area contributed by atoms with Gasteiger partial charge >= 0.3 is 5.69 Å². The molecule has 0 radical (unpaired) electrons. The molecular weight excluding hydrogens is 492 g/mol. The molecule has 0 N–H and O–H groups in total. The van der Waals surface area contributed by atoms with Gasteiger partial charge in [-0.15, -0.1) is 0 Å². The molecule has 168 valence electrons. The summed E-state index contributed by atoms with van der Waals surface area (Å²) in [6.45, 7) is 3.44. The van der Waals surface area contributed by atoms with E-state index in [2.05, 4.69) is 25.9 Å². The van der Waals surface area contributed by atoms with Gasteiger partial charge in [0.15, 0.2) is 0 Å². The minimum atomic E-state index is -0.372. The molecule has 4 rings (SSSR count). The fourth-order valence-electron chi connectivity index (χ4n) is 4.20. The molecule has 0 spiro atoms. The average Bonchev–Trinajstić information content (AvgIpc) is 2.80. The Morgan fingerprint density at radius 2 is 1.78 bits per heavy atom. The molecule has 1 aliphatic heterocycles. The van der Waals surface area contributed by atoms with Crippen molar-refractivity contribution in [1.29, 1.82) is 0 Å². The van der Waals surface area contributed by atoms with Crippen LogP contribution in [-0.2, 0) is 19.5 Å². The van der Waals surface area contributed by atoms with Gasteiger partial charge in [0.25, 0.3) is 5.56 Å². The Kier molecular flexibility index (Phi) is 7.60. The summed E-state index contributed by atoms with van der Waals surface area (Å²) in [6, 6.07) is 15.5. The Morgan fingerprint density at radius 3 is 2.53 bits per heavy atom. The van der Waals surface area contributed by atoms with Gasteiger partial charge in [-0.2, -0.15) is 5.10 Å². The van der Waals surface area contributed by atoms with Gasteiger partial charge in [-0.1, -0.05) is 57.9 Å². The fourth-order valence-corrected chi connectivity index (χ4v) is 4.80. The van der Waals surface area contributed by atoms with E-state index in [0.29, 0.717) is 12.5 Å². The molecule has 0 atom stereocenters. The molecule has 8 heteroatoms. The number of nitrogens with zero attached hydrogens (tertiary/aromatic N) is 4. The largest absolute Gasteiger partial charge is 0.347 e. The van der Waals surface area contributed by atoms with E-state index in [1.807, 2.05) is 48.5 Å². The molecule has 0 amide bonds. The van der Waals surface area contributed by atoms with Crippen LogP contribution in [0.2, 0.25) is 5.02 Å². The van der Waals surface area contributed by atoms with Gasteiger partial charge in [0.05, 0.1) is 13.1 Å². The summed E-state index contributed by atoms with van der Waals surface area (Å²) in [6.07, 6.45) is 4.46. The molecule has 32 heavy (non-hydrogen) atoms. The van der Waals surface area contributed by atoms with E-state index < -0.39 is 0 Å². The molecular formula is C24H26BrClN4O2. The summed E-state index contributed by atoms with van der Waals surface area (Å²) < 4.78 is 3.76. The Morgan fingerprint density at radius 1 is 1.03 bits per heavy atom. The van der Waals surface area contributed by atoms with Crippen LogP contribution in [0.25, 0.3) is 0 Å². The van der Waals surface area contributed by atoms with Crippen molar-refractivity contribution in [3.8, 4) is 0 Å². The van der Waals surface area contributed by atoms with Crippen LogP contribution in [0.15, 0.2) is 68.8 Å². The number of likely N-dealkylation sites (tertiary alicyclic amines) is 1. The first kappa shape index (κ1) is 23.0. The van der Waals surface area contributed by atoms with Crippen molar-refractivity contribution in [2.45, 2.75) is 32.4 Å². The summed E-state index contributed by atoms with van der Waals surface area (Å²) in [7, 11) is 0. The van der Waals surface area contributed by atoms with E-state index >= 15 is 0 Å². The first-order chi connectivity index (χ1) is 15.5. The highest BCUT2D eigenvalue weighted by Crippen LogP contribution is 2.27. The van der Waals surface area contributed by atoms with Crippen LogP contribution in [0.4, 0.5) is 0 Å². The van der Waals surface area contributed by atoms with E-state index in [1.165, 1.54) is 21.0 Å². The zero-order chi connectivity index (χ0) is 22.5. The maximum atomic E-state index is 12.8.